The average molecular weight is 467 g/mol. The number of phenolic OH excluding ortho intramolecular Hbond substituents is 1. The van der Waals surface area contributed by atoms with Crippen molar-refractivity contribution in [2.24, 2.45) is 5.73 Å². The summed E-state index contributed by atoms with van der Waals surface area (Å²) in [6.07, 6.45) is 1.25. The van der Waals surface area contributed by atoms with E-state index >= 15 is 0 Å². The molecule has 0 aromatic heterocycles. The number of carbonyl (C=O) groups excluding carboxylic acids is 1. The number of anilines is 1. The second-order valence-corrected chi connectivity index (χ2v) is 8.07. The van der Waals surface area contributed by atoms with Crippen LogP contribution in [0.2, 0.25) is 5.02 Å². The number of nitrogens with zero attached hydrogens (tertiary/aromatic N) is 3. The van der Waals surface area contributed by atoms with Crippen LogP contribution < -0.4 is 15.4 Å². The lowest BCUT2D eigenvalue weighted by Crippen LogP contribution is -2.39. The van der Waals surface area contributed by atoms with Gasteiger partial charge in [0.2, 0.25) is 0 Å². The molecular weight excluding hydrogens is 448 g/mol. The molecule has 0 bridgehead atoms. The van der Waals surface area contributed by atoms with E-state index in [9.17, 15) is 25.3 Å². The second-order valence-electron chi connectivity index (χ2n) is 7.64. The molecule has 1 unspecified atom stereocenters. The lowest BCUT2D eigenvalue weighted by Gasteiger charge is -2.39. The summed E-state index contributed by atoms with van der Waals surface area (Å²) >= 11 is 5.98. The highest BCUT2D eigenvalue weighted by Crippen LogP contribution is 2.48. The van der Waals surface area contributed by atoms with E-state index in [0.717, 1.165) is 0 Å². The van der Waals surface area contributed by atoms with Crippen LogP contribution in [0, 0.1) is 21.4 Å². The van der Waals surface area contributed by atoms with Crippen LogP contribution in [0.3, 0.4) is 0 Å². The number of Topliss-reactive ketones (excluding diaryl/α,β-unsaturated/α-hetero) is 1. The smallest absolute Gasteiger partial charge is 0.294 e. The molecule has 1 heterocycles. The minimum Gasteiger partial charge on any atom is -0.504 e. The van der Waals surface area contributed by atoms with Gasteiger partial charge in [-0.05, 0) is 42.7 Å². The Labute approximate surface area is 194 Å². The number of benzene rings is 2. The quantitative estimate of drug-likeness (QED) is 0.502. The van der Waals surface area contributed by atoms with Crippen LogP contribution in [0.5, 0.6) is 11.5 Å². The molecule has 0 amide bonds. The Balaban J connectivity index is 2.01. The number of nitriles is 1. The maximum Gasteiger partial charge on any atom is 0.294 e. The maximum atomic E-state index is 13.2. The van der Waals surface area contributed by atoms with Gasteiger partial charge >= 0.3 is 0 Å². The number of ketones is 1. The molecule has 0 fully saturated rings. The number of aromatic hydroxyl groups is 1. The summed E-state index contributed by atoms with van der Waals surface area (Å²) in [5.74, 6) is -0.877. The first-order valence-corrected chi connectivity index (χ1v) is 10.4. The van der Waals surface area contributed by atoms with E-state index in [0.29, 0.717) is 29.7 Å². The lowest BCUT2D eigenvalue weighted by molar-refractivity contribution is -0.384. The van der Waals surface area contributed by atoms with E-state index in [1.165, 1.54) is 36.3 Å². The van der Waals surface area contributed by atoms with Crippen molar-refractivity contribution < 1.29 is 19.6 Å². The van der Waals surface area contributed by atoms with Crippen molar-refractivity contribution in [2.45, 2.75) is 25.2 Å². The molecule has 2 aromatic rings. The Morgan fingerprint density at radius 2 is 2.06 bits per heavy atom. The van der Waals surface area contributed by atoms with E-state index in [1.807, 2.05) is 0 Å². The van der Waals surface area contributed by atoms with Gasteiger partial charge in [-0.1, -0.05) is 17.7 Å². The highest BCUT2D eigenvalue weighted by atomic mass is 35.5. The predicted octanol–water partition coefficient (Wildman–Crippen LogP) is 4.27. The Morgan fingerprint density at radius 3 is 2.73 bits per heavy atom. The molecule has 9 nitrogen and oxygen atoms in total. The summed E-state index contributed by atoms with van der Waals surface area (Å²) in [6, 6.07) is 10.8. The van der Waals surface area contributed by atoms with Crippen LogP contribution in [-0.4, -0.2) is 22.9 Å². The summed E-state index contributed by atoms with van der Waals surface area (Å²) in [6.45, 7) is 0. The van der Waals surface area contributed by atoms with E-state index in [1.54, 1.807) is 12.1 Å². The number of hydrogen-bond acceptors (Lipinski definition) is 8. The molecule has 0 saturated carbocycles. The molecule has 10 heteroatoms. The number of halogens is 1. The first kappa shape index (κ1) is 22.2. The van der Waals surface area contributed by atoms with Crippen molar-refractivity contribution in [3.05, 3.63) is 79.8 Å². The van der Waals surface area contributed by atoms with E-state index in [-0.39, 0.29) is 51.5 Å². The van der Waals surface area contributed by atoms with Gasteiger partial charge in [-0.15, -0.1) is 0 Å². The number of phenols is 1. The van der Waals surface area contributed by atoms with Crippen molar-refractivity contribution in [3.8, 4) is 17.6 Å². The molecule has 33 heavy (non-hydrogen) atoms. The van der Waals surface area contributed by atoms with Gasteiger partial charge < -0.3 is 15.6 Å². The van der Waals surface area contributed by atoms with Crippen LogP contribution in [-0.2, 0) is 4.79 Å². The van der Waals surface area contributed by atoms with Crippen molar-refractivity contribution in [1.29, 1.82) is 5.26 Å². The zero-order chi connectivity index (χ0) is 23.9. The number of nitro benzene ring substituents is 1. The molecular formula is C23H19ClN4O5. The van der Waals surface area contributed by atoms with Gasteiger partial charge in [0.15, 0.2) is 17.3 Å². The summed E-state index contributed by atoms with van der Waals surface area (Å²) in [4.78, 5) is 25.8. The van der Waals surface area contributed by atoms with Crippen LogP contribution in [0.25, 0.3) is 0 Å². The molecule has 2 aromatic carbocycles. The Bertz CT molecular complexity index is 1290. The third-order valence-electron chi connectivity index (χ3n) is 5.83. The largest absolute Gasteiger partial charge is 0.504 e. The first-order valence-electron chi connectivity index (χ1n) is 10.1. The monoisotopic (exact) mass is 466 g/mol. The number of nitrogens with two attached hydrogens (primary N) is 1. The number of nitro groups is 1. The highest BCUT2D eigenvalue weighted by molar-refractivity contribution is 6.31. The third kappa shape index (κ3) is 3.64. The van der Waals surface area contributed by atoms with Crippen molar-refractivity contribution in [2.75, 3.05) is 12.0 Å². The predicted molar refractivity (Wildman–Crippen MR) is 121 cm³/mol. The molecule has 0 spiro atoms. The summed E-state index contributed by atoms with van der Waals surface area (Å²) < 4.78 is 5.20. The van der Waals surface area contributed by atoms with Crippen molar-refractivity contribution in [3.63, 3.8) is 0 Å². The van der Waals surface area contributed by atoms with Gasteiger partial charge in [-0.3, -0.25) is 19.8 Å². The van der Waals surface area contributed by atoms with Gasteiger partial charge in [-0.2, -0.15) is 5.26 Å². The minimum absolute atomic E-state index is 0.00610. The standard InChI is InChI=1S/C23H19ClN4O5/c1-33-20-9-12(5-8-18(20)29)21-14(11-25)23(26)27(16-3-2-4-19(30)22(16)21)15-7-6-13(24)10-17(15)28(31)32/h5-10,21,29H,2-4,26H2,1H3. The minimum atomic E-state index is -0.796. The molecule has 0 saturated heterocycles. The average Bonchev–Trinajstić information content (AvgIpc) is 2.79. The second kappa shape index (κ2) is 8.48. The Morgan fingerprint density at radius 1 is 1.30 bits per heavy atom. The van der Waals surface area contributed by atoms with Crippen LogP contribution in [0.4, 0.5) is 11.4 Å². The SMILES string of the molecule is COc1cc(C2C(C#N)=C(N)N(c3ccc(Cl)cc3[N+](=O)[O-])C3=C2C(=O)CCC3)ccc1O. The summed E-state index contributed by atoms with van der Waals surface area (Å²) in [5.41, 5.74) is 7.75. The molecule has 3 N–H and O–H groups in total. The van der Waals surface area contributed by atoms with E-state index in [2.05, 4.69) is 6.07 Å². The first-order chi connectivity index (χ1) is 15.8. The Hall–Kier alpha value is -4.03. The van der Waals surface area contributed by atoms with E-state index in [4.69, 9.17) is 22.1 Å². The van der Waals surface area contributed by atoms with Crippen molar-refractivity contribution >= 4 is 28.8 Å². The fourth-order valence-corrected chi connectivity index (χ4v) is 4.57. The number of ether oxygens (including phenoxy) is 1. The highest BCUT2D eigenvalue weighted by Gasteiger charge is 2.42. The number of carbonyl (C=O) groups is 1. The van der Waals surface area contributed by atoms with Crippen LogP contribution in [0.1, 0.15) is 30.7 Å². The Kier molecular flexibility index (Phi) is 5.70. The zero-order valence-corrected chi connectivity index (χ0v) is 18.3. The summed E-state index contributed by atoms with van der Waals surface area (Å²) in [7, 11) is 1.40. The number of rotatable bonds is 4. The van der Waals surface area contributed by atoms with Gasteiger partial charge in [0.25, 0.3) is 5.69 Å². The van der Waals surface area contributed by atoms with Gasteiger partial charge in [0.1, 0.15) is 11.5 Å². The normalized spacial score (nSPS) is 18.2. The third-order valence-corrected chi connectivity index (χ3v) is 6.06. The van der Waals surface area contributed by atoms with Crippen LogP contribution >= 0.6 is 11.6 Å². The molecule has 168 valence electrons. The zero-order valence-electron chi connectivity index (χ0n) is 17.5. The fraction of sp³-hybridized carbons (Fsp3) is 0.217. The topological polar surface area (TPSA) is 143 Å². The maximum absolute atomic E-state index is 13.2. The van der Waals surface area contributed by atoms with Gasteiger partial charge in [0.05, 0.1) is 29.6 Å². The van der Waals surface area contributed by atoms with Gasteiger partial charge in [-0.25, -0.2) is 0 Å². The molecule has 0 radical (unpaired) electrons. The molecule has 2 aliphatic rings. The fourth-order valence-electron chi connectivity index (χ4n) is 4.40. The molecule has 1 aliphatic heterocycles. The number of allylic oxidation sites excluding steroid dienone is 3. The lowest BCUT2D eigenvalue weighted by atomic mass is 9.75. The summed E-state index contributed by atoms with van der Waals surface area (Å²) in [5, 5.41) is 32.0. The van der Waals surface area contributed by atoms with Crippen molar-refractivity contribution in [1.82, 2.24) is 0 Å². The molecule has 1 atom stereocenters. The van der Waals surface area contributed by atoms with Gasteiger partial charge in [0, 0.05) is 28.8 Å². The number of hydrogen-bond donors (Lipinski definition) is 2. The van der Waals surface area contributed by atoms with E-state index < -0.39 is 10.8 Å². The van der Waals surface area contributed by atoms with Crippen LogP contribution in [0.15, 0.2) is 59.1 Å². The molecule has 1 aliphatic carbocycles. The number of methoxy groups -OCH3 is 1. The molecule has 4 rings (SSSR count).